The van der Waals surface area contributed by atoms with Gasteiger partial charge in [-0.2, -0.15) is 0 Å². The van der Waals surface area contributed by atoms with Gasteiger partial charge in [-0.25, -0.2) is 13.1 Å². The maximum Gasteiger partial charge on any atom is 0.240 e. The van der Waals surface area contributed by atoms with E-state index in [-0.39, 0.29) is 23.5 Å². The third kappa shape index (κ3) is 4.88. The second kappa shape index (κ2) is 8.95. The number of carbonyl (C=O) groups is 1. The second-order valence-electron chi connectivity index (χ2n) is 7.40. The van der Waals surface area contributed by atoms with Gasteiger partial charge in [0.2, 0.25) is 15.9 Å². The molecule has 1 aliphatic rings. The van der Waals surface area contributed by atoms with Crippen LogP contribution in [0.2, 0.25) is 0 Å². The van der Waals surface area contributed by atoms with Crippen molar-refractivity contribution < 1.29 is 17.9 Å². The number of nitrogens with one attached hydrogen (secondary N) is 2. The maximum absolute atomic E-state index is 13.0. The third-order valence-electron chi connectivity index (χ3n) is 5.23. The summed E-state index contributed by atoms with van der Waals surface area (Å²) >= 11 is 3.43. The van der Waals surface area contributed by atoms with E-state index in [0.29, 0.717) is 5.69 Å². The van der Waals surface area contributed by atoms with Crippen LogP contribution in [0, 0.1) is 0 Å². The number of hydrogen-bond acceptors (Lipinski definition) is 4. The van der Waals surface area contributed by atoms with Gasteiger partial charge < -0.3 is 10.1 Å². The highest BCUT2D eigenvalue weighted by Gasteiger charge is 2.45. The van der Waals surface area contributed by atoms with Crippen LogP contribution in [0.3, 0.4) is 0 Å². The number of rotatable bonds is 8. The van der Waals surface area contributed by atoms with Crippen LogP contribution in [-0.2, 0) is 25.0 Å². The Morgan fingerprint density at radius 1 is 1.14 bits per heavy atom. The molecular formula is C21H25BrN2O4S. The molecule has 1 unspecified atom stereocenters. The van der Waals surface area contributed by atoms with E-state index >= 15 is 0 Å². The van der Waals surface area contributed by atoms with Gasteiger partial charge in [-0.15, -0.1) is 0 Å². The number of amides is 1. The first kappa shape index (κ1) is 22.0. The minimum absolute atomic E-state index is 0.0616. The van der Waals surface area contributed by atoms with Crippen molar-refractivity contribution in [3.63, 3.8) is 0 Å². The summed E-state index contributed by atoms with van der Waals surface area (Å²) in [6.45, 7) is 2.02. The van der Waals surface area contributed by atoms with Crippen LogP contribution < -0.4 is 10.0 Å². The molecule has 2 aromatic rings. The minimum atomic E-state index is -3.64. The average molecular weight is 481 g/mol. The molecular weight excluding hydrogens is 456 g/mol. The number of anilines is 1. The lowest BCUT2D eigenvalue weighted by Gasteiger charge is -2.40. The molecule has 6 nitrogen and oxygen atoms in total. The Kier molecular flexibility index (Phi) is 6.78. The molecule has 1 atom stereocenters. The fraction of sp³-hybridized carbons (Fsp3) is 0.381. The lowest BCUT2D eigenvalue weighted by Crippen LogP contribution is -2.46. The number of benzene rings is 2. The zero-order valence-electron chi connectivity index (χ0n) is 16.4. The van der Waals surface area contributed by atoms with Crippen molar-refractivity contribution in [1.29, 1.82) is 0 Å². The van der Waals surface area contributed by atoms with Crippen molar-refractivity contribution in [2.45, 2.75) is 42.5 Å². The van der Waals surface area contributed by atoms with Crippen molar-refractivity contribution >= 4 is 37.5 Å². The van der Waals surface area contributed by atoms with E-state index in [4.69, 9.17) is 4.74 Å². The Bertz CT molecular complexity index is 955. The van der Waals surface area contributed by atoms with Crippen LogP contribution >= 0.6 is 15.9 Å². The number of methoxy groups -OCH3 is 1. The summed E-state index contributed by atoms with van der Waals surface area (Å²) in [6.07, 6.45) is 2.61. The van der Waals surface area contributed by atoms with Crippen molar-refractivity contribution in [2.24, 2.45) is 0 Å². The summed E-state index contributed by atoms with van der Waals surface area (Å²) in [4.78, 5) is 13.2. The Balaban J connectivity index is 1.72. The molecule has 0 spiro atoms. The first-order valence-corrected chi connectivity index (χ1v) is 11.7. The molecule has 0 heterocycles. The number of hydrogen-bond donors (Lipinski definition) is 2. The highest BCUT2D eigenvalue weighted by atomic mass is 79.9. The number of ether oxygens (including phenoxy) is 1. The van der Waals surface area contributed by atoms with Crippen molar-refractivity contribution in [3.8, 4) is 0 Å². The molecule has 1 saturated carbocycles. The molecule has 1 amide bonds. The van der Waals surface area contributed by atoms with Gasteiger partial charge in [-0.3, -0.25) is 4.79 Å². The minimum Gasteiger partial charge on any atom is -0.383 e. The lowest BCUT2D eigenvalue weighted by atomic mass is 9.64. The molecule has 1 fully saturated rings. The van der Waals surface area contributed by atoms with Crippen LogP contribution in [0.1, 0.15) is 31.7 Å². The van der Waals surface area contributed by atoms with Crippen molar-refractivity contribution in [2.75, 3.05) is 19.0 Å². The van der Waals surface area contributed by atoms with E-state index in [1.165, 1.54) is 19.2 Å². The Hall–Kier alpha value is -1.74. The summed E-state index contributed by atoms with van der Waals surface area (Å²) in [5.41, 5.74) is 1.05. The van der Waals surface area contributed by atoms with Gasteiger partial charge in [-0.05, 0) is 61.7 Å². The van der Waals surface area contributed by atoms with Crippen LogP contribution in [-0.4, -0.2) is 34.1 Å². The molecule has 1 aliphatic carbocycles. The number of sulfonamides is 1. The number of carbonyl (C=O) groups excluding carboxylic acids is 1. The van der Waals surface area contributed by atoms with Gasteiger partial charge in [-0.1, -0.05) is 34.5 Å². The molecule has 2 N–H and O–H groups in total. The molecule has 156 valence electrons. The van der Waals surface area contributed by atoms with E-state index in [9.17, 15) is 13.2 Å². The zero-order chi connectivity index (χ0) is 21.1. The summed E-state index contributed by atoms with van der Waals surface area (Å²) in [6, 6.07) is 13.7. The summed E-state index contributed by atoms with van der Waals surface area (Å²) in [7, 11) is -2.12. The molecule has 0 aromatic heterocycles. The first-order valence-electron chi connectivity index (χ1n) is 9.46. The monoisotopic (exact) mass is 480 g/mol. The topological polar surface area (TPSA) is 84.5 Å². The lowest BCUT2D eigenvalue weighted by molar-refractivity contribution is -0.124. The highest BCUT2D eigenvalue weighted by molar-refractivity contribution is 9.10. The molecule has 0 bridgehead atoms. The average Bonchev–Trinajstić information content (AvgIpc) is 2.62. The molecule has 3 rings (SSSR count). The Labute approximate surface area is 180 Å². The second-order valence-corrected chi connectivity index (χ2v) is 10.0. The van der Waals surface area contributed by atoms with Gasteiger partial charge in [0.25, 0.3) is 0 Å². The van der Waals surface area contributed by atoms with Gasteiger partial charge in [0.1, 0.15) is 0 Å². The summed E-state index contributed by atoms with van der Waals surface area (Å²) < 4.78 is 33.3. The van der Waals surface area contributed by atoms with Gasteiger partial charge >= 0.3 is 0 Å². The summed E-state index contributed by atoms with van der Waals surface area (Å²) in [5, 5.41) is 2.95. The van der Waals surface area contributed by atoms with Crippen LogP contribution in [0.15, 0.2) is 57.9 Å². The SMILES string of the molecule is COCC(C)NS(=O)(=O)c1ccc(NC(=O)C2(c3ccc(Br)cc3)CCC2)cc1. The predicted molar refractivity (Wildman–Crippen MR) is 116 cm³/mol. The summed E-state index contributed by atoms with van der Waals surface area (Å²) in [5.74, 6) is -0.0616. The van der Waals surface area contributed by atoms with Crippen LogP contribution in [0.4, 0.5) is 5.69 Å². The Morgan fingerprint density at radius 2 is 1.76 bits per heavy atom. The fourth-order valence-electron chi connectivity index (χ4n) is 3.53. The highest BCUT2D eigenvalue weighted by Crippen LogP contribution is 2.44. The number of halogens is 1. The van der Waals surface area contributed by atoms with Crippen LogP contribution in [0.5, 0.6) is 0 Å². The molecule has 0 radical (unpaired) electrons. The Morgan fingerprint density at radius 3 is 2.28 bits per heavy atom. The fourth-order valence-corrected chi connectivity index (χ4v) is 5.02. The molecule has 8 heteroatoms. The van der Waals surface area contributed by atoms with Gasteiger partial charge in [0, 0.05) is 23.3 Å². The van der Waals surface area contributed by atoms with E-state index in [1.54, 1.807) is 19.1 Å². The molecule has 0 aliphatic heterocycles. The van der Waals surface area contributed by atoms with Gasteiger partial charge in [0.15, 0.2) is 0 Å². The largest absolute Gasteiger partial charge is 0.383 e. The quantitative estimate of drug-likeness (QED) is 0.601. The van der Waals surface area contributed by atoms with Gasteiger partial charge in [0.05, 0.1) is 16.9 Å². The maximum atomic E-state index is 13.0. The van der Waals surface area contributed by atoms with E-state index in [2.05, 4.69) is 26.0 Å². The predicted octanol–water partition coefficient (Wildman–Crippen LogP) is 3.82. The standard InChI is InChI=1S/C21H25BrN2O4S/c1-15(14-28-2)24-29(26,27)19-10-8-18(9-11-19)23-20(25)21(12-3-13-21)16-4-6-17(22)7-5-16/h4-11,15,24H,3,12-14H2,1-2H3,(H,23,25). The van der Waals surface area contributed by atoms with E-state index in [1.807, 2.05) is 24.3 Å². The third-order valence-corrected chi connectivity index (χ3v) is 7.37. The van der Waals surface area contributed by atoms with E-state index in [0.717, 1.165) is 29.3 Å². The molecule has 29 heavy (non-hydrogen) atoms. The van der Waals surface area contributed by atoms with E-state index < -0.39 is 15.4 Å². The smallest absolute Gasteiger partial charge is 0.240 e. The van der Waals surface area contributed by atoms with Crippen LogP contribution in [0.25, 0.3) is 0 Å². The zero-order valence-corrected chi connectivity index (χ0v) is 18.8. The molecule has 0 saturated heterocycles. The van der Waals surface area contributed by atoms with Crippen molar-refractivity contribution in [1.82, 2.24) is 4.72 Å². The van der Waals surface area contributed by atoms with Crippen molar-refractivity contribution in [3.05, 3.63) is 58.6 Å². The first-order chi connectivity index (χ1) is 13.8. The normalized spacial score (nSPS) is 16.7. The molecule has 2 aromatic carbocycles.